The molecule has 0 aromatic heterocycles. The van der Waals surface area contributed by atoms with Gasteiger partial charge >= 0.3 is 0 Å². The van der Waals surface area contributed by atoms with Gasteiger partial charge in [-0.05, 0) is 36.8 Å². The average Bonchev–Trinajstić information content (AvgIpc) is 3.03. The Bertz CT molecular complexity index is 707. The molecule has 0 radical (unpaired) electrons. The summed E-state index contributed by atoms with van der Waals surface area (Å²) in [6, 6.07) is 15.8. The summed E-state index contributed by atoms with van der Waals surface area (Å²) in [5.41, 5.74) is 2.56. The number of benzene rings is 2. The van der Waals surface area contributed by atoms with Crippen LogP contribution in [0.25, 0.3) is 0 Å². The lowest BCUT2D eigenvalue weighted by Crippen LogP contribution is -2.43. The van der Waals surface area contributed by atoms with Crippen molar-refractivity contribution in [3.63, 3.8) is 0 Å². The third kappa shape index (κ3) is 2.92. The molecule has 0 spiro atoms. The van der Waals surface area contributed by atoms with Gasteiger partial charge in [0.15, 0.2) is 11.5 Å². The standard InChI is InChI=1S/C18H18BrNO2S/c1-12-9-23-10-16(13-2-4-14(19)5-3-13)20(12)15-6-7-17-18(8-15)22-11-21-17/h2-8,12,16H,9-11H2,1H3. The van der Waals surface area contributed by atoms with E-state index in [4.69, 9.17) is 9.47 Å². The Hall–Kier alpha value is -1.33. The van der Waals surface area contributed by atoms with Gasteiger partial charge in [0.05, 0.1) is 6.04 Å². The van der Waals surface area contributed by atoms with Gasteiger partial charge < -0.3 is 14.4 Å². The van der Waals surface area contributed by atoms with E-state index in [0.717, 1.165) is 27.5 Å². The van der Waals surface area contributed by atoms with Crippen LogP contribution in [0.15, 0.2) is 46.9 Å². The Morgan fingerprint density at radius 1 is 1.04 bits per heavy atom. The highest BCUT2D eigenvalue weighted by molar-refractivity contribution is 9.10. The zero-order chi connectivity index (χ0) is 15.8. The van der Waals surface area contributed by atoms with Gasteiger partial charge in [-0.3, -0.25) is 0 Å². The molecular weight excluding hydrogens is 374 g/mol. The van der Waals surface area contributed by atoms with Crippen LogP contribution in [0.1, 0.15) is 18.5 Å². The molecule has 0 aliphatic carbocycles. The van der Waals surface area contributed by atoms with Gasteiger partial charge in [-0.1, -0.05) is 28.1 Å². The Balaban J connectivity index is 1.71. The molecule has 2 aliphatic rings. The Labute approximate surface area is 149 Å². The lowest BCUT2D eigenvalue weighted by atomic mass is 10.0. The van der Waals surface area contributed by atoms with Crippen LogP contribution in [-0.2, 0) is 0 Å². The molecule has 0 bridgehead atoms. The maximum atomic E-state index is 5.56. The van der Waals surface area contributed by atoms with Crippen LogP contribution in [0, 0.1) is 0 Å². The number of rotatable bonds is 2. The monoisotopic (exact) mass is 391 g/mol. The smallest absolute Gasteiger partial charge is 0.231 e. The first kappa shape index (κ1) is 15.2. The van der Waals surface area contributed by atoms with Crippen molar-refractivity contribution in [2.24, 2.45) is 0 Å². The van der Waals surface area contributed by atoms with E-state index in [-0.39, 0.29) is 0 Å². The molecule has 120 valence electrons. The summed E-state index contributed by atoms with van der Waals surface area (Å²) >= 11 is 5.55. The van der Waals surface area contributed by atoms with E-state index in [1.807, 2.05) is 17.8 Å². The van der Waals surface area contributed by atoms with Crippen molar-refractivity contribution in [1.29, 1.82) is 0 Å². The Kier molecular flexibility index (Phi) is 4.16. The number of thioether (sulfide) groups is 1. The Morgan fingerprint density at radius 3 is 2.65 bits per heavy atom. The van der Waals surface area contributed by atoms with E-state index < -0.39 is 0 Å². The van der Waals surface area contributed by atoms with Crippen molar-refractivity contribution in [1.82, 2.24) is 0 Å². The van der Waals surface area contributed by atoms with Gasteiger partial charge in [0.25, 0.3) is 0 Å². The largest absolute Gasteiger partial charge is 0.454 e. The zero-order valence-corrected chi connectivity index (χ0v) is 15.3. The molecule has 2 heterocycles. The number of fused-ring (bicyclic) bond motifs is 1. The minimum absolute atomic E-state index is 0.320. The highest BCUT2D eigenvalue weighted by Crippen LogP contribution is 2.41. The summed E-state index contributed by atoms with van der Waals surface area (Å²) in [6.45, 7) is 2.61. The zero-order valence-electron chi connectivity index (χ0n) is 12.9. The summed E-state index contributed by atoms with van der Waals surface area (Å²) in [4.78, 5) is 2.52. The van der Waals surface area contributed by atoms with Gasteiger partial charge in [-0.2, -0.15) is 11.8 Å². The SMILES string of the molecule is CC1CSCC(c2ccc(Br)cc2)N1c1ccc2c(c1)OCO2. The fourth-order valence-electron chi connectivity index (χ4n) is 3.24. The van der Waals surface area contributed by atoms with Gasteiger partial charge in [0.2, 0.25) is 6.79 Å². The van der Waals surface area contributed by atoms with E-state index in [0.29, 0.717) is 18.9 Å². The molecule has 1 fully saturated rings. The second kappa shape index (κ2) is 6.29. The molecule has 2 aliphatic heterocycles. The molecule has 2 aromatic carbocycles. The molecule has 23 heavy (non-hydrogen) atoms. The molecule has 0 amide bonds. The van der Waals surface area contributed by atoms with Crippen LogP contribution in [0.4, 0.5) is 5.69 Å². The summed E-state index contributed by atoms with van der Waals surface area (Å²) in [5.74, 6) is 3.93. The van der Waals surface area contributed by atoms with E-state index >= 15 is 0 Å². The molecule has 2 atom stereocenters. The van der Waals surface area contributed by atoms with Gasteiger partial charge in [0, 0.05) is 33.8 Å². The van der Waals surface area contributed by atoms with Crippen LogP contribution in [0.5, 0.6) is 11.5 Å². The van der Waals surface area contributed by atoms with Crippen molar-refractivity contribution in [2.45, 2.75) is 19.0 Å². The number of hydrogen-bond acceptors (Lipinski definition) is 4. The molecule has 1 saturated heterocycles. The fourth-order valence-corrected chi connectivity index (χ4v) is 4.72. The molecule has 5 heteroatoms. The minimum Gasteiger partial charge on any atom is -0.454 e. The van der Waals surface area contributed by atoms with Crippen LogP contribution in [0.3, 0.4) is 0 Å². The number of hydrogen-bond donors (Lipinski definition) is 0. The van der Waals surface area contributed by atoms with Crippen LogP contribution >= 0.6 is 27.7 Å². The molecule has 4 rings (SSSR count). The van der Waals surface area contributed by atoms with E-state index in [2.05, 4.69) is 64.2 Å². The summed E-state index contributed by atoms with van der Waals surface area (Å²) < 4.78 is 12.1. The summed E-state index contributed by atoms with van der Waals surface area (Å²) in [7, 11) is 0. The van der Waals surface area contributed by atoms with E-state index in [1.165, 1.54) is 11.3 Å². The van der Waals surface area contributed by atoms with E-state index in [9.17, 15) is 0 Å². The minimum atomic E-state index is 0.320. The van der Waals surface area contributed by atoms with Crippen LogP contribution in [-0.4, -0.2) is 24.3 Å². The lowest BCUT2D eigenvalue weighted by molar-refractivity contribution is 0.174. The fraction of sp³-hybridized carbons (Fsp3) is 0.333. The molecule has 3 nitrogen and oxygen atoms in total. The molecular formula is C18H18BrNO2S. The molecule has 2 unspecified atom stereocenters. The number of ether oxygens (including phenoxy) is 2. The van der Waals surface area contributed by atoms with Crippen molar-refractivity contribution < 1.29 is 9.47 Å². The first-order valence-corrected chi connectivity index (χ1v) is 9.68. The van der Waals surface area contributed by atoms with E-state index in [1.54, 1.807) is 0 Å². The Morgan fingerprint density at radius 2 is 1.83 bits per heavy atom. The van der Waals surface area contributed by atoms with Crippen molar-refractivity contribution >= 4 is 33.4 Å². The van der Waals surface area contributed by atoms with Gasteiger partial charge in [-0.15, -0.1) is 0 Å². The first-order valence-electron chi connectivity index (χ1n) is 7.73. The summed E-state index contributed by atoms with van der Waals surface area (Å²) in [6.07, 6.45) is 0. The number of anilines is 1. The van der Waals surface area contributed by atoms with Crippen LogP contribution < -0.4 is 14.4 Å². The van der Waals surface area contributed by atoms with Crippen molar-refractivity contribution in [2.75, 3.05) is 23.2 Å². The van der Waals surface area contributed by atoms with Crippen LogP contribution in [0.2, 0.25) is 0 Å². The normalized spacial score (nSPS) is 23.1. The number of nitrogens with zero attached hydrogens (tertiary/aromatic N) is 1. The number of halogens is 1. The second-order valence-corrected chi connectivity index (χ2v) is 7.89. The molecule has 0 saturated carbocycles. The van der Waals surface area contributed by atoms with Crippen molar-refractivity contribution in [3.8, 4) is 11.5 Å². The average molecular weight is 392 g/mol. The first-order chi connectivity index (χ1) is 11.2. The highest BCUT2D eigenvalue weighted by atomic mass is 79.9. The van der Waals surface area contributed by atoms with Gasteiger partial charge in [-0.25, -0.2) is 0 Å². The highest BCUT2D eigenvalue weighted by Gasteiger charge is 2.30. The third-order valence-corrected chi connectivity index (χ3v) is 6.15. The maximum absolute atomic E-state index is 5.56. The quantitative estimate of drug-likeness (QED) is 0.728. The predicted molar refractivity (Wildman–Crippen MR) is 98.7 cm³/mol. The second-order valence-electron chi connectivity index (χ2n) is 5.90. The summed E-state index contributed by atoms with van der Waals surface area (Å²) in [5, 5.41) is 0. The van der Waals surface area contributed by atoms with Crippen molar-refractivity contribution in [3.05, 3.63) is 52.5 Å². The lowest BCUT2D eigenvalue weighted by Gasteiger charge is -2.42. The van der Waals surface area contributed by atoms with Gasteiger partial charge in [0.1, 0.15) is 0 Å². The predicted octanol–water partition coefficient (Wildman–Crippen LogP) is 4.86. The molecule has 2 aromatic rings. The molecule has 0 N–H and O–H groups in total. The maximum Gasteiger partial charge on any atom is 0.231 e. The third-order valence-electron chi connectivity index (χ3n) is 4.35. The topological polar surface area (TPSA) is 21.7 Å².